The van der Waals surface area contributed by atoms with Crippen molar-refractivity contribution in [2.75, 3.05) is 0 Å². The lowest BCUT2D eigenvalue weighted by Gasteiger charge is -2.04. The summed E-state index contributed by atoms with van der Waals surface area (Å²) in [5.41, 5.74) is 0. The van der Waals surface area contributed by atoms with Crippen LogP contribution in [0.25, 0.3) is 0 Å². The van der Waals surface area contributed by atoms with Gasteiger partial charge in [-0.1, -0.05) is 0 Å². The minimum atomic E-state index is 0.310. The Balaban J connectivity index is 1.82. The van der Waals surface area contributed by atoms with E-state index in [0.29, 0.717) is 11.7 Å². The molecule has 0 bridgehead atoms. The van der Waals surface area contributed by atoms with Crippen LogP contribution < -0.4 is 0 Å². The fraction of sp³-hybridized carbons (Fsp3) is 0.545. The molecule has 1 aliphatic rings. The van der Waals surface area contributed by atoms with Gasteiger partial charge in [-0.05, 0) is 31.4 Å². The second-order valence-corrected chi connectivity index (χ2v) is 3.67. The van der Waals surface area contributed by atoms with Crippen LogP contribution in [0.3, 0.4) is 0 Å². The number of furan rings is 1. The summed E-state index contributed by atoms with van der Waals surface area (Å²) in [6, 6.07) is 3.87. The molecule has 0 N–H and O–H groups in total. The molecule has 1 heterocycles. The molecule has 2 rings (SSSR count). The van der Waals surface area contributed by atoms with E-state index < -0.39 is 0 Å². The molecule has 0 spiro atoms. The molecule has 13 heavy (non-hydrogen) atoms. The monoisotopic (exact) mass is 178 g/mol. The highest BCUT2D eigenvalue weighted by Gasteiger charge is 2.23. The highest BCUT2D eigenvalue weighted by Crippen LogP contribution is 2.25. The minimum absolute atomic E-state index is 0.310. The summed E-state index contributed by atoms with van der Waals surface area (Å²) in [5.74, 6) is 1.76. The van der Waals surface area contributed by atoms with Gasteiger partial charge in [-0.15, -0.1) is 0 Å². The van der Waals surface area contributed by atoms with E-state index >= 15 is 0 Å². The van der Waals surface area contributed by atoms with Gasteiger partial charge in [-0.2, -0.15) is 0 Å². The predicted molar refractivity (Wildman–Crippen MR) is 49.4 cm³/mol. The third kappa shape index (κ3) is 2.00. The topological polar surface area (TPSA) is 30.2 Å². The first-order chi connectivity index (χ1) is 6.36. The summed E-state index contributed by atoms with van der Waals surface area (Å²) >= 11 is 0. The normalized spacial score (nSPS) is 22.5. The molecular formula is C11H14O2. The number of Topliss-reactive ketones (excluding diaryl/α,β-unsaturated/α-hetero) is 1. The van der Waals surface area contributed by atoms with Crippen molar-refractivity contribution in [3.05, 3.63) is 24.2 Å². The van der Waals surface area contributed by atoms with Gasteiger partial charge < -0.3 is 4.42 Å². The first-order valence-corrected chi connectivity index (χ1v) is 4.91. The number of carbonyl (C=O) groups excluding carboxylic acids is 1. The summed E-state index contributed by atoms with van der Waals surface area (Å²) in [5, 5.41) is 0. The van der Waals surface area contributed by atoms with Gasteiger partial charge >= 0.3 is 0 Å². The molecule has 1 saturated carbocycles. The number of aryl methyl sites for hydroxylation is 1. The first-order valence-electron chi connectivity index (χ1n) is 4.91. The smallest absolute Gasteiger partial charge is 0.135 e. The number of hydrogen-bond donors (Lipinski definition) is 0. The average molecular weight is 178 g/mol. The van der Waals surface area contributed by atoms with Crippen LogP contribution in [-0.2, 0) is 11.2 Å². The summed E-state index contributed by atoms with van der Waals surface area (Å²) in [6.07, 6.45) is 6.52. The van der Waals surface area contributed by atoms with E-state index in [4.69, 9.17) is 4.42 Å². The lowest BCUT2D eigenvalue weighted by Crippen LogP contribution is -2.06. The third-order valence-electron chi connectivity index (χ3n) is 2.75. The molecule has 1 unspecified atom stereocenters. The standard InChI is InChI=1S/C11H14O2/c12-11-5-1-3-9(11)6-7-10-4-2-8-13-10/h2,4,8-9H,1,3,5-7H2. The Morgan fingerprint density at radius 1 is 1.54 bits per heavy atom. The maximum atomic E-state index is 11.3. The van der Waals surface area contributed by atoms with Crippen LogP contribution in [0.1, 0.15) is 31.4 Å². The molecule has 1 aliphatic carbocycles. The van der Waals surface area contributed by atoms with Crippen molar-refractivity contribution in [2.45, 2.75) is 32.1 Å². The Bertz CT molecular complexity index is 274. The molecule has 0 saturated heterocycles. The molecule has 2 nitrogen and oxygen atoms in total. The van der Waals surface area contributed by atoms with Crippen molar-refractivity contribution in [3.63, 3.8) is 0 Å². The van der Waals surface area contributed by atoms with Crippen LogP contribution in [0.5, 0.6) is 0 Å². The van der Waals surface area contributed by atoms with Gasteiger partial charge in [0.25, 0.3) is 0 Å². The van der Waals surface area contributed by atoms with E-state index in [2.05, 4.69) is 0 Å². The Kier molecular flexibility index (Phi) is 2.48. The Morgan fingerprint density at radius 3 is 3.08 bits per heavy atom. The summed E-state index contributed by atoms with van der Waals surface area (Å²) in [6.45, 7) is 0. The van der Waals surface area contributed by atoms with Crippen LogP contribution in [0.2, 0.25) is 0 Å². The maximum Gasteiger partial charge on any atom is 0.135 e. The maximum absolute atomic E-state index is 11.3. The summed E-state index contributed by atoms with van der Waals surface area (Å²) in [4.78, 5) is 11.3. The van der Waals surface area contributed by atoms with Crippen molar-refractivity contribution >= 4 is 5.78 Å². The fourth-order valence-corrected chi connectivity index (χ4v) is 1.96. The second-order valence-electron chi connectivity index (χ2n) is 3.67. The van der Waals surface area contributed by atoms with Gasteiger partial charge in [-0.3, -0.25) is 4.79 Å². The second kappa shape index (κ2) is 3.77. The van der Waals surface area contributed by atoms with Gasteiger partial charge in [0.2, 0.25) is 0 Å². The van der Waals surface area contributed by atoms with E-state index in [9.17, 15) is 4.79 Å². The molecule has 2 heteroatoms. The fourth-order valence-electron chi connectivity index (χ4n) is 1.96. The predicted octanol–water partition coefficient (Wildman–Crippen LogP) is 2.58. The van der Waals surface area contributed by atoms with Crippen LogP contribution in [0.15, 0.2) is 22.8 Å². The Labute approximate surface area is 77.9 Å². The number of ketones is 1. The quantitative estimate of drug-likeness (QED) is 0.712. The van der Waals surface area contributed by atoms with E-state index in [0.717, 1.165) is 37.9 Å². The summed E-state index contributed by atoms with van der Waals surface area (Å²) < 4.78 is 5.22. The van der Waals surface area contributed by atoms with Gasteiger partial charge in [0.15, 0.2) is 0 Å². The number of rotatable bonds is 3. The van der Waals surface area contributed by atoms with Gasteiger partial charge in [0, 0.05) is 18.8 Å². The van der Waals surface area contributed by atoms with Gasteiger partial charge in [0.05, 0.1) is 6.26 Å². The molecule has 0 aliphatic heterocycles. The minimum Gasteiger partial charge on any atom is -0.469 e. The van der Waals surface area contributed by atoms with E-state index in [1.807, 2.05) is 12.1 Å². The molecule has 1 fully saturated rings. The number of hydrogen-bond acceptors (Lipinski definition) is 2. The van der Waals surface area contributed by atoms with Crippen molar-refractivity contribution in [1.82, 2.24) is 0 Å². The molecule has 1 aromatic heterocycles. The SMILES string of the molecule is O=C1CCCC1CCc1ccco1. The van der Waals surface area contributed by atoms with E-state index in [-0.39, 0.29) is 0 Å². The molecule has 1 aromatic rings. The largest absolute Gasteiger partial charge is 0.469 e. The van der Waals surface area contributed by atoms with Crippen molar-refractivity contribution < 1.29 is 9.21 Å². The molecule has 0 amide bonds. The highest BCUT2D eigenvalue weighted by atomic mass is 16.3. The Morgan fingerprint density at radius 2 is 2.46 bits per heavy atom. The molecule has 0 radical (unpaired) electrons. The number of carbonyl (C=O) groups is 1. The molecule has 0 aromatic carbocycles. The molecule has 1 atom stereocenters. The summed E-state index contributed by atoms with van der Waals surface area (Å²) in [7, 11) is 0. The lowest BCUT2D eigenvalue weighted by molar-refractivity contribution is -0.120. The highest BCUT2D eigenvalue weighted by molar-refractivity contribution is 5.82. The van der Waals surface area contributed by atoms with Crippen LogP contribution in [0.4, 0.5) is 0 Å². The van der Waals surface area contributed by atoms with Gasteiger partial charge in [0.1, 0.15) is 11.5 Å². The van der Waals surface area contributed by atoms with Crippen LogP contribution >= 0.6 is 0 Å². The lowest BCUT2D eigenvalue weighted by atomic mass is 10.0. The van der Waals surface area contributed by atoms with E-state index in [1.165, 1.54) is 0 Å². The zero-order valence-corrected chi connectivity index (χ0v) is 7.66. The van der Waals surface area contributed by atoms with Crippen molar-refractivity contribution in [1.29, 1.82) is 0 Å². The van der Waals surface area contributed by atoms with Crippen LogP contribution in [-0.4, -0.2) is 5.78 Å². The average Bonchev–Trinajstić information content (AvgIpc) is 2.72. The molecular weight excluding hydrogens is 164 g/mol. The van der Waals surface area contributed by atoms with E-state index in [1.54, 1.807) is 6.26 Å². The van der Waals surface area contributed by atoms with Crippen LogP contribution in [0, 0.1) is 5.92 Å². The zero-order chi connectivity index (χ0) is 9.10. The first kappa shape index (κ1) is 8.54. The molecule has 70 valence electrons. The van der Waals surface area contributed by atoms with Crippen molar-refractivity contribution in [3.8, 4) is 0 Å². The van der Waals surface area contributed by atoms with Crippen molar-refractivity contribution in [2.24, 2.45) is 5.92 Å². The zero-order valence-electron chi connectivity index (χ0n) is 7.66. The third-order valence-corrected chi connectivity index (χ3v) is 2.75. The van der Waals surface area contributed by atoms with Gasteiger partial charge in [-0.25, -0.2) is 0 Å². The Hall–Kier alpha value is -1.05.